The molecule has 1 atom stereocenters. The average molecular weight is 479 g/mol. The van der Waals surface area contributed by atoms with Gasteiger partial charge in [-0.1, -0.05) is 12.1 Å². The van der Waals surface area contributed by atoms with Gasteiger partial charge in [0.25, 0.3) is 0 Å². The van der Waals surface area contributed by atoms with E-state index in [0.717, 1.165) is 56.5 Å². The molecule has 7 heteroatoms. The summed E-state index contributed by atoms with van der Waals surface area (Å²) in [6.45, 7) is 3.30. The molecule has 1 unspecified atom stereocenters. The van der Waals surface area contributed by atoms with Gasteiger partial charge >= 0.3 is 0 Å². The van der Waals surface area contributed by atoms with Crippen molar-refractivity contribution in [2.45, 2.75) is 25.4 Å². The predicted octanol–water partition coefficient (Wildman–Crippen LogP) is 3.46. The number of nitrogens with zero attached hydrogens (tertiary/aromatic N) is 2. The molecule has 0 aromatic heterocycles. The van der Waals surface area contributed by atoms with Crippen molar-refractivity contribution >= 4 is 29.9 Å². The summed E-state index contributed by atoms with van der Waals surface area (Å²) in [7, 11) is 5.49. The van der Waals surface area contributed by atoms with Crippen molar-refractivity contribution in [3.63, 3.8) is 0 Å². The number of rotatable bonds is 7. The highest BCUT2D eigenvalue weighted by molar-refractivity contribution is 14.0. The van der Waals surface area contributed by atoms with Crippen LogP contribution in [0.4, 0.5) is 4.39 Å². The largest absolute Gasteiger partial charge is 0.381 e. The van der Waals surface area contributed by atoms with Crippen molar-refractivity contribution in [3.05, 3.63) is 35.6 Å². The summed E-state index contributed by atoms with van der Waals surface area (Å²) >= 11 is 0. The molecule has 1 N–H and O–H groups in total. The second-order valence-corrected chi connectivity index (χ2v) is 6.47. The monoisotopic (exact) mass is 479 g/mol. The van der Waals surface area contributed by atoms with Crippen molar-refractivity contribution in [2.75, 3.05) is 47.5 Å². The SMILES string of the molecule is CN=C(NCC(OC)c1ccc(F)cc1)N(C)CCC1CCOCC1.I. The zero-order valence-corrected chi connectivity index (χ0v) is 18.2. The summed E-state index contributed by atoms with van der Waals surface area (Å²) < 4.78 is 24.0. The lowest BCUT2D eigenvalue weighted by molar-refractivity contribution is 0.0624. The van der Waals surface area contributed by atoms with E-state index in [1.54, 1.807) is 26.3 Å². The van der Waals surface area contributed by atoms with E-state index >= 15 is 0 Å². The maximum atomic E-state index is 13.1. The van der Waals surface area contributed by atoms with E-state index in [1.807, 2.05) is 7.05 Å². The molecular formula is C19H31FIN3O2. The zero-order valence-electron chi connectivity index (χ0n) is 15.9. The quantitative estimate of drug-likeness (QED) is 0.370. The summed E-state index contributed by atoms with van der Waals surface area (Å²) in [5.74, 6) is 1.34. The van der Waals surface area contributed by atoms with E-state index in [0.29, 0.717) is 6.54 Å². The molecular weight excluding hydrogens is 448 g/mol. The van der Waals surface area contributed by atoms with E-state index in [9.17, 15) is 4.39 Å². The van der Waals surface area contributed by atoms with Crippen molar-refractivity contribution in [1.82, 2.24) is 10.2 Å². The number of nitrogens with one attached hydrogen (secondary N) is 1. The molecule has 0 bridgehead atoms. The fraction of sp³-hybridized carbons (Fsp3) is 0.632. The number of guanidine groups is 1. The first kappa shape index (κ1) is 23.1. The summed E-state index contributed by atoms with van der Waals surface area (Å²) in [5, 5.41) is 3.35. The molecule has 1 fully saturated rings. The van der Waals surface area contributed by atoms with Gasteiger partial charge in [-0.3, -0.25) is 4.99 Å². The van der Waals surface area contributed by atoms with Crippen LogP contribution < -0.4 is 5.32 Å². The third-order valence-corrected chi connectivity index (χ3v) is 4.76. The van der Waals surface area contributed by atoms with Crippen LogP contribution in [0.1, 0.15) is 30.9 Å². The van der Waals surface area contributed by atoms with Gasteiger partial charge in [-0.25, -0.2) is 4.39 Å². The second-order valence-electron chi connectivity index (χ2n) is 6.47. The third kappa shape index (κ3) is 7.36. The lowest BCUT2D eigenvalue weighted by atomic mass is 9.96. The van der Waals surface area contributed by atoms with Crippen LogP contribution in [0.25, 0.3) is 0 Å². The molecule has 1 aliphatic rings. The Labute approximate surface area is 173 Å². The van der Waals surface area contributed by atoms with Gasteiger partial charge < -0.3 is 19.7 Å². The standard InChI is InChI=1S/C19H30FN3O2.HI/c1-21-19(23(2)11-8-15-9-12-25-13-10-15)22-14-18(24-3)16-4-6-17(20)7-5-16;/h4-7,15,18H,8-14H2,1-3H3,(H,21,22);1H. The van der Waals surface area contributed by atoms with Crippen LogP contribution in [0, 0.1) is 11.7 Å². The average Bonchev–Trinajstić information content (AvgIpc) is 2.65. The van der Waals surface area contributed by atoms with E-state index in [2.05, 4.69) is 15.2 Å². The number of hydrogen-bond donors (Lipinski definition) is 1. The van der Waals surface area contributed by atoms with Gasteiger partial charge in [-0.15, -0.1) is 24.0 Å². The molecule has 1 aliphatic heterocycles. The van der Waals surface area contributed by atoms with E-state index in [-0.39, 0.29) is 35.9 Å². The minimum atomic E-state index is -0.241. The fourth-order valence-electron chi connectivity index (χ4n) is 3.10. The Morgan fingerprint density at radius 2 is 2.00 bits per heavy atom. The fourth-order valence-corrected chi connectivity index (χ4v) is 3.10. The lowest BCUT2D eigenvalue weighted by Gasteiger charge is -2.27. The van der Waals surface area contributed by atoms with Crippen molar-refractivity contribution in [2.24, 2.45) is 10.9 Å². The van der Waals surface area contributed by atoms with E-state index < -0.39 is 0 Å². The van der Waals surface area contributed by atoms with Crippen molar-refractivity contribution in [1.29, 1.82) is 0 Å². The molecule has 0 saturated carbocycles. The van der Waals surface area contributed by atoms with Gasteiger partial charge in [-0.05, 0) is 42.9 Å². The van der Waals surface area contributed by atoms with Gasteiger partial charge in [0, 0.05) is 47.5 Å². The smallest absolute Gasteiger partial charge is 0.193 e. The molecule has 0 amide bonds. The molecule has 148 valence electrons. The van der Waals surface area contributed by atoms with E-state index in [4.69, 9.17) is 9.47 Å². The Bertz CT molecular complexity index is 536. The highest BCUT2D eigenvalue weighted by atomic mass is 127. The highest BCUT2D eigenvalue weighted by Crippen LogP contribution is 2.19. The molecule has 1 heterocycles. The maximum absolute atomic E-state index is 13.1. The molecule has 1 saturated heterocycles. The van der Waals surface area contributed by atoms with Gasteiger partial charge in [0.1, 0.15) is 5.82 Å². The van der Waals surface area contributed by atoms with E-state index in [1.165, 1.54) is 12.1 Å². The van der Waals surface area contributed by atoms with Crippen LogP contribution in [-0.4, -0.2) is 58.4 Å². The van der Waals surface area contributed by atoms with Gasteiger partial charge in [0.05, 0.1) is 6.10 Å². The van der Waals surface area contributed by atoms with Crippen LogP contribution in [0.15, 0.2) is 29.3 Å². The van der Waals surface area contributed by atoms with Crippen molar-refractivity contribution < 1.29 is 13.9 Å². The third-order valence-electron chi connectivity index (χ3n) is 4.76. The molecule has 5 nitrogen and oxygen atoms in total. The molecule has 1 aromatic carbocycles. The zero-order chi connectivity index (χ0) is 18.1. The normalized spacial score (nSPS) is 16.7. The molecule has 0 aliphatic carbocycles. The Balaban J connectivity index is 0.00000338. The molecule has 0 radical (unpaired) electrons. The molecule has 1 aromatic rings. The van der Waals surface area contributed by atoms with Crippen LogP contribution in [0.3, 0.4) is 0 Å². The van der Waals surface area contributed by atoms with Gasteiger partial charge in [0.2, 0.25) is 0 Å². The maximum Gasteiger partial charge on any atom is 0.193 e. The minimum absolute atomic E-state index is 0. The number of ether oxygens (including phenoxy) is 2. The Morgan fingerprint density at radius 3 is 2.58 bits per heavy atom. The predicted molar refractivity (Wildman–Crippen MR) is 114 cm³/mol. The first-order valence-electron chi connectivity index (χ1n) is 8.91. The highest BCUT2D eigenvalue weighted by Gasteiger charge is 2.16. The first-order valence-corrected chi connectivity index (χ1v) is 8.91. The Hall–Kier alpha value is -0.930. The molecule has 26 heavy (non-hydrogen) atoms. The summed E-state index contributed by atoms with van der Waals surface area (Å²) in [5.41, 5.74) is 0.941. The minimum Gasteiger partial charge on any atom is -0.381 e. The number of halogens is 2. The number of hydrogen-bond acceptors (Lipinski definition) is 3. The van der Waals surface area contributed by atoms with Crippen LogP contribution in [-0.2, 0) is 9.47 Å². The molecule has 2 rings (SSSR count). The number of benzene rings is 1. The van der Waals surface area contributed by atoms with Crippen LogP contribution >= 0.6 is 24.0 Å². The van der Waals surface area contributed by atoms with Crippen molar-refractivity contribution in [3.8, 4) is 0 Å². The summed E-state index contributed by atoms with van der Waals surface area (Å²) in [6.07, 6.45) is 3.29. The second kappa shape index (κ2) is 12.5. The molecule has 0 spiro atoms. The summed E-state index contributed by atoms with van der Waals surface area (Å²) in [4.78, 5) is 6.50. The Kier molecular flexibility index (Phi) is 11.1. The lowest BCUT2D eigenvalue weighted by Crippen LogP contribution is -2.41. The topological polar surface area (TPSA) is 46.1 Å². The number of methoxy groups -OCH3 is 1. The van der Waals surface area contributed by atoms with Gasteiger partial charge in [0.15, 0.2) is 5.96 Å². The number of aliphatic imine (C=N–C) groups is 1. The first-order chi connectivity index (χ1) is 12.1. The van der Waals surface area contributed by atoms with Crippen LogP contribution in [0.5, 0.6) is 0 Å². The van der Waals surface area contributed by atoms with Gasteiger partial charge in [-0.2, -0.15) is 0 Å². The Morgan fingerprint density at radius 1 is 1.35 bits per heavy atom. The van der Waals surface area contributed by atoms with Crippen LogP contribution in [0.2, 0.25) is 0 Å². The summed E-state index contributed by atoms with van der Waals surface area (Å²) in [6, 6.07) is 6.41.